The van der Waals surface area contributed by atoms with E-state index in [2.05, 4.69) is 0 Å². The van der Waals surface area contributed by atoms with E-state index >= 15 is 0 Å². The Hall–Kier alpha value is -1.88. The fraction of sp³-hybridized carbons (Fsp3) is 0.333. The molecule has 1 heterocycles. The SMILES string of the molecule is CC1(c2ccc(OCc3ccccc3)c(CO)c2)OCCO1. The highest BCUT2D eigenvalue weighted by atomic mass is 16.7. The third-order valence-electron chi connectivity index (χ3n) is 3.83. The van der Waals surface area contributed by atoms with Crippen LogP contribution in [0.4, 0.5) is 0 Å². The molecular formula is C18H20O4. The van der Waals surface area contributed by atoms with Crippen LogP contribution in [-0.2, 0) is 28.5 Å². The Labute approximate surface area is 130 Å². The number of benzene rings is 2. The van der Waals surface area contributed by atoms with Gasteiger partial charge in [0.15, 0.2) is 5.79 Å². The molecule has 1 fully saturated rings. The summed E-state index contributed by atoms with van der Waals surface area (Å²) in [6, 6.07) is 15.6. The fourth-order valence-corrected chi connectivity index (χ4v) is 2.54. The molecule has 22 heavy (non-hydrogen) atoms. The zero-order valence-electron chi connectivity index (χ0n) is 12.6. The molecule has 1 saturated heterocycles. The monoisotopic (exact) mass is 300 g/mol. The van der Waals surface area contributed by atoms with E-state index in [1.54, 1.807) is 0 Å². The van der Waals surface area contributed by atoms with Crippen molar-refractivity contribution in [3.63, 3.8) is 0 Å². The highest BCUT2D eigenvalue weighted by Gasteiger charge is 2.33. The third kappa shape index (κ3) is 3.14. The van der Waals surface area contributed by atoms with Crippen molar-refractivity contribution in [1.82, 2.24) is 0 Å². The normalized spacial score (nSPS) is 16.6. The zero-order valence-corrected chi connectivity index (χ0v) is 12.6. The van der Waals surface area contributed by atoms with E-state index in [0.717, 1.165) is 16.7 Å². The molecule has 0 saturated carbocycles. The summed E-state index contributed by atoms with van der Waals surface area (Å²) in [4.78, 5) is 0. The molecule has 0 amide bonds. The van der Waals surface area contributed by atoms with Gasteiger partial charge >= 0.3 is 0 Å². The number of rotatable bonds is 5. The molecule has 1 aliphatic rings. The van der Waals surface area contributed by atoms with Crippen molar-refractivity contribution < 1.29 is 19.3 Å². The first-order valence-corrected chi connectivity index (χ1v) is 7.40. The summed E-state index contributed by atoms with van der Waals surface area (Å²) in [7, 11) is 0. The second kappa shape index (κ2) is 6.48. The molecule has 2 aromatic rings. The number of hydrogen-bond acceptors (Lipinski definition) is 4. The van der Waals surface area contributed by atoms with Crippen molar-refractivity contribution in [2.75, 3.05) is 13.2 Å². The summed E-state index contributed by atoms with van der Waals surface area (Å²) >= 11 is 0. The minimum absolute atomic E-state index is 0.0892. The first-order chi connectivity index (χ1) is 10.7. The molecule has 0 bridgehead atoms. The van der Waals surface area contributed by atoms with Gasteiger partial charge in [-0.05, 0) is 30.7 Å². The lowest BCUT2D eigenvalue weighted by molar-refractivity contribution is -0.149. The van der Waals surface area contributed by atoms with Crippen molar-refractivity contribution in [3.8, 4) is 5.75 Å². The lowest BCUT2D eigenvalue weighted by atomic mass is 10.0. The van der Waals surface area contributed by atoms with Gasteiger partial charge in [-0.2, -0.15) is 0 Å². The van der Waals surface area contributed by atoms with Crippen LogP contribution in [-0.4, -0.2) is 18.3 Å². The summed E-state index contributed by atoms with van der Waals surface area (Å²) in [6.07, 6.45) is 0. The fourth-order valence-electron chi connectivity index (χ4n) is 2.54. The molecule has 3 rings (SSSR count). The van der Waals surface area contributed by atoms with Gasteiger partial charge in [-0.1, -0.05) is 30.3 Å². The smallest absolute Gasteiger partial charge is 0.192 e. The largest absolute Gasteiger partial charge is 0.489 e. The zero-order chi connectivity index (χ0) is 15.4. The van der Waals surface area contributed by atoms with Crippen molar-refractivity contribution in [1.29, 1.82) is 0 Å². The van der Waals surface area contributed by atoms with Crippen LogP contribution in [0, 0.1) is 0 Å². The third-order valence-corrected chi connectivity index (χ3v) is 3.83. The van der Waals surface area contributed by atoms with Crippen LogP contribution in [0.3, 0.4) is 0 Å². The van der Waals surface area contributed by atoms with Gasteiger partial charge in [-0.3, -0.25) is 0 Å². The minimum Gasteiger partial charge on any atom is -0.489 e. The van der Waals surface area contributed by atoms with Crippen LogP contribution in [0.2, 0.25) is 0 Å². The van der Waals surface area contributed by atoms with Crippen LogP contribution in [0.1, 0.15) is 23.6 Å². The van der Waals surface area contributed by atoms with Crippen molar-refractivity contribution in [3.05, 3.63) is 65.2 Å². The molecule has 2 aromatic carbocycles. The molecule has 0 unspecified atom stereocenters. The Morgan fingerprint density at radius 3 is 2.50 bits per heavy atom. The Morgan fingerprint density at radius 1 is 1.09 bits per heavy atom. The Bertz CT molecular complexity index is 618. The second-order valence-electron chi connectivity index (χ2n) is 5.40. The van der Waals surface area contributed by atoms with Gasteiger partial charge < -0.3 is 19.3 Å². The number of aliphatic hydroxyl groups excluding tert-OH is 1. The molecule has 0 spiro atoms. The Morgan fingerprint density at radius 2 is 1.82 bits per heavy atom. The highest BCUT2D eigenvalue weighted by Crippen LogP contribution is 2.33. The lowest BCUT2D eigenvalue weighted by Crippen LogP contribution is -2.22. The van der Waals surface area contributed by atoms with Gasteiger partial charge in [0, 0.05) is 11.1 Å². The van der Waals surface area contributed by atoms with Crippen LogP contribution < -0.4 is 4.74 Å². The maximum atomic E-state index is 9.61. The molecule has 0 aliphatic carbocycles. The molecule has 1 N–H and O–H groups in total. The maximum absolute atomic E-state index is 9.61. The Kier molecular flexibility index (Phi) is 4.43. The molecular weight excluding hydrogens is 280 g/mol. The van der Waals surface area contributed by atoms with E-state index in [0.29, 0.717) is 25.6 Å². The van der Waals surface area contributed by atoms with Gasteiger partial charge in [-0.25, -0.2) is 0 Å². The first kappa shape index (κ1) is 15.0. The summed E-state index contributed by atoms with van der Waals surface area (Å²) < 4.78 is 17.1. The van der Waals surface area contributed by atoms with Gasteiger partial charge in [0.05, 0.1) is 19.8 Å². The van der Waals surface area contributed by atoms with E-state index in [4.69, 9.17) is 14.2 Å². The first-order valence-electron chi connectivity index (χ1n) is 7.40. The van der Waals surface area contributed by atoms with Gasteiger partial charge in [0.2, 0.25) is 0 Å². The minimum atomic E-state index is -0.734. The average molecular weight is 300 g/mol. The summed E-state index contributed by atoms with van der Waals surface area (Å²) in [6.45, 7) is 3.43. The molecule has 0 atom stereocenters. The summed E-state index contributed by atoms with van der Waals surface area (Å²) in [5.41, 5.74) is 2.71. The molecule has 1 aliphatic heterocycles. The van der Waals surface area contributed by atoms with Crippen LogP contribution >= 0.6 is 0 Å². The summed E-state index contributed by atoms with van der Waals surface area (Å²) in [5.74, 6) is -0.0567. The van der Waals surface area contributed by atoms with E-state index in [1.165, 1.54) is 0 Å². The van der Waals surface area contributed by atoms with Gasteiger partial charge in [-0.15, -0.1) is 0 Å². The van der Waals surface area contributed by atoms with E-state index in [9.17, 15) is 5.11 Å². The van der Waals surface area contributed by atoms with Crippen molar-refractivity contribution in [2.24, 2.45) is 0 Å². The van der Waals surface area contributed by atoms with Crippen molar-refractivity contribution >= 4 is 0 Å². The van der Waals surface area contributed by atoms with Crippen molar-refractivity contribution in [2.45, 2.75) is 25.9 Å². The topological polar surface area (TPSA) is 47.9 Å². The summed E-state index contributed by atoms with van der Waals surface area (Å²) in [5, 5.41) is 9.61. The van der Waals surface area contributed by atoms with Crippen LogP contribution in [0.5, 0.6) is 5.75 Å². The molecule has 0 radical (unpaired) electrons. The average Bonchev–Trinajstić information content (AvgIpc) is 3.01. The van der Waals surface area contributed by atoms with E-state index < -0.39 is 5.79 Å². The molecule has 4 nitrogen and oxygen atoms in total. The lowest BCUT2D eigenvalue weighted by Gasteiger charge is -2.24. The Balaban J connectivity index is 1.77. The molecule has 0 aromatic heterocycles. The second-order valence-corrected chi connectivity index (χ2v) is 5.40. The molecule has 4 heteroatoms. The van der Waals surface area contributed by atoms with Crippen LogP contribution in [0.15, 0.2) is 48.5 Å². The van der Waals surface area contributed by atoms with Crippen LogP contribution in [0.25, 0.3) is 0 Å². The van der Waals surface area contributed by atoms with E-state index in [1.807, 2.05) is 55.5 Å². The quantitative estimate of drug-likeness (QED) is 0.922. The van der Waals surface area contributed by atoms with Gasteiger partial charge in [0.25, 0.3) is 0 Å². The molecule has 116 valence electrons. The van der Waals surface area contributed by atoms with Gasteiger partial charge in [0.1, 0.15) is 12.4 Å². The number of ether oxygens (including phenoxy) is 3. The predicted molar refractivity (Wildman–Crippen MR) is 82.4 cm³/mol. The maximum Gasteiger partial charge on any atom is 0.192 e. The number of hydrogen-bond donors (Lipinski definition) is 1. The number of aliphatic hydroxyl groups is 1. The van der Waals surface area contributed by atoms with E-state index in [-0.39, 0.29) is 6.61 Å². The predicted octanol–water partition coefficient (Wildman–Crippen LogP) is 2.98. The highest BCUT2D eigenvalue weighted by molar-refractivity contribution is 5.38. The standard InChI is InChI=1S/C18H20O4/c1-18(21-9-10-22-18)16-7-8-17(15(11-16)12-19)20-13-14-5-3-2-4-6-14/h2-8,11,19H,9-10,12-13H2,1H3.